The van der Waals surface area contributed by atoms with Crippen LogP contribution in [0.1, 0.15) is 26.3 Å². The Labute approximate surface area is 127 Å². The van der Waals surface area contributed by atoms with Crippen LogP contribution in [-0.2, 0) is 9.59 Å². The van der Waals surface area contributed by atoms with E-state index in [4.69, 9.17) is 0 Å². The first-order chi connectivity index (χ1) is 9.77. The largest absolute Gasteiger partial charge is 0.347 e. The number of nitrogens with zero attached hydrogens (tertiary/aromatic N) is 1. The number of anilines is 1. The SMILES string of the molecule is Cc1cccc2sc(NC(=O)CNC(=O)C(C)(C)C)nc12. The van der Waals surface area contributed by atoms with Crippen LogP contribution in [0.3, 0.4) is 0 Å². The lowest BCUT2D eigenvalue weighted by atomic mass is 9.96. The second kappa shape index (κ2) is 5.81. The zero-order chi connectivity index (χ0) is 15.6. The molecule has 0 atom stereocenters. The fourth-order valence-electron chi connectivity index (χ4n) is 1.73. The minimum atomic E-state index is -0.507. The van der Waals surface area contributed by atoms with E-state index in [-0.39, 0.29) is 18.4 Å². The predicted molar refractivity (Wildman–Crippen MR) is 85.5 cm³/mol. The molecule has 1 aromatic heterocycles. The molecule has 0 radical (unpaired) electrons. The first kappa shape index (κ1) is 15.4. The Hall–Kier alpha value is -1.95. The Morgan fingerprint density at radius 1 is 1.29 bits per heavy atom. The molecule has 2 aromatic rings. The number of carbonyl (C=O) groups is 2. The fourth-order valence-corrected chi connectivity index (χ4v) is 2.69. The number of aromatic nitrogens is 1. The lowest BCUT2D eigenvalue weighted by Gasteiger charge is -2.17. The van der Waals surface area contributed by atoms with Crippen molar-refractivity contribution in [1.82, 2.24) is 10.3 Å². The normalized spacial score (nSPS) is 11.4. The molecule has 1 aromatic carbocycles. The van der Waals surface area contributed by atoms with Crippen molar-refractivity contribution in [1.29, 1.82) is 0 Å². The minimum absolute atomic E-state index is 0.0506. The number of benzene rings is 1. The summed E-state index contributed by atoms with van der Waals surface area (Å²) in [6, 6.07) is 5.92. The third-order valence-electron chi connectivity index (χ3n) is 2.96. The number of thiazole rings is 1. The molecule has 2 rings (SSSR count). The zero-order valence-corrected chi connectivity index (χ0v) is 13.4. The maximum atomic E-state index is 11.8. The van der Waals surface area contributed by atoms with Crippen molar-refractivity contribution in [2.45, 2.75) is 27.7 Å². The first-order valence-corrected chi connectivity index (χ1v) is 7.53. The van der Waals surface area contributed by atoms with Crippen molar-refractivity contribution in [3.05, 3.63) is 23.8 Å². The van der Waals surface area contributed by atoms with Crippen LogP contribution in [0.4, 0.5) is 5.13 Å². The van der Waals surface area contributed by atoms with Crippen LogP contribution in [-0.4, -0.2) is 23.3 Å². The minimum Gasteiger partial charge on any atom is -0.347 e. The van der Waals surface area contributed by atoms with Gasteiger partial charge in [0.2, 0.25) is 11.8 Å². The maximum Gasteiger partial charge on any atom is 0.245 e. The third-order valence-corrected chi connectivity index (χ3v) is 3.89. The molecule has 6 heteroatoms. The Bertz CT molecular complexity index is 686. The van der Waals surface area contributed by atoms with Crippen LogP contribution in [0.2, 0.25) is 0 Å². The van der Waals surface area contributed by atoms with Gasteiger partial charge in [0, 0.05) is 5.41 Å². The monoisotopic (exact) mass is 305 g/mol. The van der Waals surface area contributed by atoms with Gasteiger partial charge in [-0.15, -0.1) is 0 Å². The summed E-state index contributed by atoms with van der Waals surface area (Å²) in [4.78, 5) is 28.0. The summed E-state index contributed by atoms with van der Waals surface area (Å²) < 4.78 is 1.03. The summed E-state index contributed by atoms with van der Waals surface area (Å²) in [6.07, 6.45) is 0. The van der Waals surface area contributed by atoms with Gasteiger partial charge in [-0.25, -0.2) is 4.98 Å². The summed E-state index contributed by atoms with van der Waals surface area (Å²) >= 11 is 1.42. The van der Waals surface area contributed by atoms with E-state index in [1.807, 2.05) is 25.1 Å². The van der Waals surface area contributed by atoms with Gasteiger partial charge in [0.15, 0.2) is 5.13 Å². The van der Waals surface area contributed by atoms with E-state index in [0.29, 0.717) is 5.13 Å². The molecular weight excluding hydrogens is 286 g/mol. The van der Waals surface area contributed by atoms with E-state index in [9.17, 15) is 9.59 Å². The molecule has 0 aliphatic rings. The summed E-state index contributed by atoms with van der Waals surface area (Å²) in [6.45, 7) is 7.34. The highest BCUT2D eigenvalue weighted by molar-refractivity contribution is 7.22. The van der Waals surface area contributed by atoms with Gasteiger partial charge >= 0.3 is 0 Å². The lowest BCUT2D eigenvalue weighted by Crippen LogP contribution is -2.39. The molecule has 0 aliphatic heterocycles. The average molecular weight is 305 g/mol. The van der Waals surface area contributed by atoms with Crippen molar-refractivity contribution in [2.75, 3.05) is 11.9 Å². The highest BCUT2D eigenvalue weighted by Crippen LogP contribution is 2.27. The van der Waals surface area contributed by atoms with Crippen molar-refractivity contribution < 1.29 is 9.59 Å². The maximum absolute atomic E-state index is 11.8. The Balaban J connectivity index is 1.99. The highest BCUT2D eigenvalue weighted by Gasteiger charge is 2.21. The quantitative estimate of drug-likeness (QED) is 0.916. The van der Waals surface area contributed by atoms with Gasteiger partial charge < -0.3 is 10.6 Å². The third kappa shape index (κ3) is 3.78. The standard InChI is InChI=1S/C15H19N3O2S/c1-9-6-5-7-10-12(9)18-14(21-10)17-11(19)8-16-13(20)15(2,3)4/h5-7H,8H2,1-4H3,(H,16,20)(H,17,18,19). The number of rotatable bonds is 3. The molecule has 0 saturated heterocycles. The molecule has 1 heterocycles. The number of nitrogens with one attached hydrogen (secondary N) is 2. The van der Waals surface area contributed by atoms with Gasteiger partial charge in [0.05, 0.1) is 16.8 Å². The number of para-hydroxylation sites is 1. The van der Waals surface area contributed by atoms with Gasteiger partial charge in [-0.05, 0) is 18.6 Å². The van der Waals surface area contributed by atoms with Gasteiger partial charge in [0.1, 0.15) is 0 Å². The average Bonchev–Trinajstić information content (AvgIpc) is 2.78. The summed E-state index contributed by atoms with van der Waals surface area (Å²) in [5.74, 6) is -0.429. The van der Waals surface area contributed by atoms with E-state index >= 15 is 0 Å². The van der Waals surface area contributed by atoms with Crippen LogP contribution >= 0.6 is 11.3 Å². The molecular formula is C15H19N3O2S. The van der Waals surface area contributed by atoms with Crippen molar-refractivity contribution in [2.24, 2.45) is 5.41 Å². The molecule has 0 spiro atoms. The van der Waals surface area contributed by atoms with Crippen molar-refractivity contribution in [3.63, 3.8) is 0 Å². The van der Waals surface area contributed by atoms with E-state index in [1.54, 1.807) is 20.8 Å². The Kier molecular flexibility index (Phi) is 4.27. The van der Waals surface area contributed by atoms with Crippen molar-refractivity contribution >= 4 is 38.5 Å². The van der Waals surface area contributed by atoms with Gasteiger partial charge in [0.25, 0.3) is 0 Å². The number of carbonyl (C=O) groups excluding carboxylic acids is 2. The van der Waals surface area contributed by atoms with E-state index < -0.39 is 5.41 Å². The Morgan fingerprint density at radius 3 is 2.62 bits per heavy atom. The molecule has 0 fully saturated rings. The molecule has 0 aliphatic carbocycles. The number of fused-ring (bicyclic) bond motifs is 1. The fraction of sp³-hybridized carbons (Fsp3) is 0.400. The van der Waals surface area contributed by atoms with Crippen LogP contribution in [0.5, 0.6) is 0 Å². The molecule has 0 bridgehead atoms. The van der Waals surface area contributed by atoms with E-state index in [1.165, 1.54) is 11.3 Å². The molecule has 5 nitrogen and oxygen atoms in total. The van der Waals surface area contributed by atoms with Crippen LogP contribution in [0.25, 0.3) is 10.2 Å². The van der Waals surface area contributed by atoms with Gasteiger partial charge in [-0.2, -0.15) is 0 Å². The zero-order valence-electron chi connectivity index (χ0n) is 12.6. The highest BCUT2D eigenvalue weighted by atomic mass is 32.1. The van der Waals surface area contributed by atoms with Crippen LogP contribution in [0, 0.1) is 12.3 Å². The van der Waals surface area contributed by atoms with E-state index in [2.05, 4.69) is 15.6 Å². The van der Waals surface area contributed by atoms with Crippen molar-refractivity contribution in [3.8, 4) is 0 Å². The molecule has 2 amide bonds. The molecule has 0 unspecified atom stereocenters. The molecule has 112 valence electrons. The second-order valence-electron chi connectivity index (χ2n) is 5.92. The summed E-state index contributed by atoms with van der Waals surface area (Å²) in [5.41, 5.74) is 1.47. The first-order valence-electron chi connectivity index (χ1n) is 6.71. The Morgan fingerprint density at radius 2 is 2.00 bits per heavy atom. The van der Waals surface area contributed by atoms with Crippen LogP contribution < -0.4 is 10.6 Å². The van der Waals surface area contributed by atoms with Gasteiger partial charge in [-0.1, -0.05) is 44.2 Å². The second-order valence-corrected chi connectivity index (χ2v) is 6.95. The van der Waals surface area contributed by atoms with Gasteiger partial charge in [-0.3, -0.25) is 9.59 Å². The van der Waals surface area contributed by atoms with Crippen LogP contribution in [0.15, 0.2) is 18.2 Å². The smallest absolute Gasteiger partial charge is 0.245 e. The number of amides is 2. The number of hydrogen-bond acceptors (Lipinski definition) is 4. The molecule has 21 heavy (non-hydrogen) atoms. The topological polar surface area (TPSA) is 71.1 Å². The van der Waals surface area contributed by atoms with E-state index in [0.717, 1.165) is 15.8 Å². The molecule has 0 saturated carbocycles. The lowest BCUT2D eigenvalue weighted by molar-refractivity contribution is -0.130. The summed E-state index contributed by atoms with van der Waals surface area (Å²) in [7, 11) is 0. The number of aryl methyl sites for hydroxylation is 1. The molecule has 2 N–H and O–H groups in total. The summed E-state index contributed by atoms with van der Waals surface area (Å²) in [5, 5.41) is 5.88. The number of hydrogen-bond donors (Lipinski definition) is 2. The predicted octanol–water partition coefficient (Wildman–Crippen LogP) is 2.71.